The normalized spacial score (nSPS) is 19.9. The molecule has 6 heteroatoms. The molecule has 0 bridgehead atoms. The van der Waals surface area contributed by atoms with Crippen molar-refractivity contribution in [1.82, 2.24) is 10.3 Å². The van der Waals surface area contributed by atoms with E-state index in [1.165, 1.54) is 12.3 Å². The second kappa shape index (κ2) is 5.09. The molecule has 1 unspecified atom stereocenters. The van der Waals surface area contributed by atoms with Crippen LogP contribution < -0.4 is 10.2 Å². The number of rotatable bonds is 3. The van der Waals surface area contributed by atoms with Gasteiger partial charge < -0.3 is 10.2 Å². The Morgan fingerprint density at radius 2 is 2.41 bits per heavy atom. The third-order valence-corrected chi connectivity index (χ3v) is 3.12. The summed E-state index contributed by atoms with van der Waals surface area (Å²) in [5.74, 6) is 0.782. The van der Waals surface area contributed by atoms with Gasteiger partial charge in [0.15, 0.2) is 0 Å². The van der Waals surface area contributed by atoms with Gasteiger partial charge in [-0.1, -0.05) is 0 Å². The number of nitrogens with one attached hydrogen (secondary N) is 1. The zero-order valence-electron chi connectivity index (χ0n) is 9.80. The van der Waals surface area contributed by atoms with E-state index in [1.54, 1.807) is 6.07 Å². The van der Waals surface area contributed by atoms with E-state index in [4.69, 9.17) is 0 Å². The first-order chi connectivity index (χ1) is 8.18. The van der Waals surface area contributed by atoms with Gasteiger partial charge in [0, 0.05) is 25.7 Å². The molecule has 1 aliphatic heterocycles. The fourth-order valence-corrected chi connectivity index (χ4v) is 2.05. The highest BCUT2D eigenvalue weighted by molar-refractivity contribution is 5.43. The second-order valence-corrected chi connectivity index (χ2v) is 4.24. The molecule has 1 aliphatic rings. The van der Waals surface area contributed by atoms with Crippen LogP contribution in [0.15, 0.2) is 18.3 Å². The predicted octanol–water partition coefficient (Wildman–Crippen LogP) is 1.18. The highest BCUT2D eigenvalue weighted by Crippen LogP contribution is 2.19. The zero-order chi connectivity index (χ0) is 12.3. The minimum Gasteiger partial charge on any atom is -0.355 e. The third-order valence-electron chi connectivity index (χ3n) is 3.12. The lowest BCUT2D eigenvalue weighted by atomic mass is 10.1. The van der Waals surface area contributed by atoms with Crippen molar-refractivity contribution in [3.63, 3.8) is 0 Å². The van der Waals surface area contributed by atoms with Crippen molar-refractivity contribution in [2.75, 3.05) is 25.0 Å². The van der Waals surface area contributed by atoms with Gasteiger partial charge in [-0.15, -0.1) is 0 Å². The Labute approximate surface area is 99.8 Å². The molecule has 6 nitrogen and oxygen atoms in total. The highest BCUT2D eigenvalue weighted by atomic mass is 16.6. The van der Waals surface area contributed by atoms with E-state index >= 15 is 0 Å². The van der Waals surface area contributed by atoms with Crippen LogP contribution in [0.3, 0.4) is 0 Å². The number of nitro groups is 1. The summed E-state index contributed by atoms with van der Waals surface area (Å²) in [4.78, 5) is 16.3. The van der Waals surface area contributed by atoms with Crippen molar-refractivity contribution >= 4 is 11.5 Å². The van der Waals surface area contributed by atoms with Crippen LogP contribution in [0, 0.1) is 10.1 Å². The summed E-state index contributed by atoms with van der Waals surface area (Å²) in [6.45, 7) is 2.01. The van der Waals surface area contributed by atoms with E-state index in [0.29, 0.717) is 6.04 Å². The minimum atomic E-state index is -0.432. The highest BCUT2D eigenvalue weighted by Gasteiger charge is 2.19. The van der Waals surface area contributed by atoms with Crippen molar-refractivity contribution in [1.29, 1.82) is 0 Å². The number of hydrogen-bond donors (Lipinski definition) is 1. The number of hydrogen-bond acceptors (Lipinski definition) is 5. The van der Waals surface area contributed by atoms with Crippen molar-refractivity contribution in [2.45, 2.75) is 18.9 Å². The molecule has 1 saturated heterocycles. The maximum atomic E-state index is 10.5. The molecule has 0 spiro atoms. The molecule has 0 amide bonds. The lowest BCUT2D eigenvalue weighted by Gasteiger charge is -2.32. The maximum absolute atomic E-state index is 10.5. The molecule has 92 valence electrons. The summed E-state index contributed by atoms with van der Waals surface area (Å²) >= 11 is 0. The number of piperidine rings is 1. The summed E-state index contributed by atoms with van der Waals surface area (Å²) in [5, 5.41) is 13.9. The molecule has 0 radical (unpaired) electrons. The van der Waals surface area contributed by atoms with Gasteiger partial charge in [0.1, 0.15) is 12.0 Å². The quantitative estimate of drug-likeness (QED) is 0.630. The Balaban J connectivity index is 2.07. The number of likely N-dealkylation sites (N-methyl/N-ethyl adjacent to an activating group) is 1. The van der Waals surface area contributed by atoms with Crippen LogP contribution in [0.25, 0.3) is 0 Å². The molecule has 1 N–H and O–H groups in total. The van der Waals surface area contributed by atoms with Crippen molar-refractivity contribution < 1.29 is 4.92 Å². The first-order valence-electron chi connectivity index (χ1n) is 5.72. The summed E-state index contributed by atoms with van der Waals surface area (Å²) in [5.41, 5.74) is 0.0314. The summed E-state index contributed by atoms with van der Waals surface area (Å²) < 4.78 is 0. The third kappa shape index (κ3) is 2.71. The van der Waals surface area contributed by atoms with E-state index in [9.17, 15) is 10.1 Å². The topological polar surface area (TPSA) is 71.3 Å². The molecule has 1 atom stereocenters. The lowest BCUT2D eigenvalue weighted by molar-refractivity contribution is -0.385. The summed E-state index contributed by atoms with van der Waals surface area (Å²) in [7, 11) is 1.98. The van der Waals surface area contributed by atoms with Crippen LogP contribution >= 0.6 is 0 Å². The molecule has 0 aliphatic carbocycles. The zero-order valence-corrected chi connectivity index (χ0v) is 9.80. The first-order valence-corrected chi connectivity index (χ1v) is 5.72. The largest absolute Gasteiger partial charge is 0.355 e. The van der Waals surface area contributed by atoms with Crippen LogP contribution in [-0.4, -0.2) is 36.1 Å². The molecule has 1 aromatic rings. The van der Waals surface area contributed by atoms with Crippen LogP contribution in [0.4, 0.5) is 11.5 Å². The van der Waals surface area contributed by atoms with Crippen LogP contribution in [0.1, 0.15) is 12.8 Å². The van der Waals surface area contributed by atoms with Gasteiger partial charge in [-0.05, 0) is 25.5 Å². The molecule has 0 saturated carbocycles. The fraction of sp³-hybridized carbons (Fsp3) is 0.545. The second-order valence-electron chi connectivity index (χ2n) is 4.24. The van der Waals surface area contributed by atoms with Crippen molar-refractivity contribution in [3.8, 4) is 0 Å². The van der Waals surface area contributed by atoms with Gasteiger partial charge in [-0.25, -0.2) is 4.98 Å². The Hall–Kier alpha value is -1.69. The van der Waals surface area contributed by atoms with E-state index in [2.05, 4.69) is 15.2 Å². The van der Waals surface area contributed by atoms with Crippen molar-refractivity contribution in [2.24, 2.45) is 0 Å². The Morgan fingerprint density at radius 1 is 1.59 bits per heavy atom. The minimum absolute atomic E-state index is 0.0314. The number of pyridine rings is 1. The standard InChI is InChI=1S/C11H16N4O2/c1-14(9-3-2-6-12-7-9)11-5-4-10(8-13-11)15(16)17/h4-5,8-9,12H,2-3,6-7H2,1H3. The molecule has 2 heterocycles. The van der Waals surface area contributed by atoms with Crippen LogP contribution in [0.5, 0.6) is 0 Å². The van der Waals surface area contributed by atoms with Gasteiger partial charge in [-0.2, -0.15) is 0 Å². The Bertz CT molecular complexity index is 387. The molecule has 17 heavy (non-hydrogen) atoms. The average molecular weight is 236 g/mol. The van der Waals surface area contributed by atoms with E-state index in [0.717, 1.165) is 31.7 Å². The molecule has 1 fully saturated rings. The average Bonchev–Trinajstić information content (AvgIpc) is 2.39. The molecular weight excluding hydrogens is 220 g/mol. The van der Waals surface area contributed by atoms with Gasteiger partial charge in [0.25, 0.3) is 5.69 Å². The number of nitrogens with zero attached hydrogens (tertiary/aromatic N) is 3. The van der Waals surface area contributed by atoms with E-state index < -0.39 is 4.92 Å². The molecule has 1 aromatic heterocycles. The molecule has 0 aromatic carbocycles. The SMILES string of the molecule is CN(c1ccc([N+](=O)[O-])cn1)C1CCCNC1. The van der Waals surface area contributed by atoms with Crippen LogP contribution in [-0.2, 0) is 0 Å². The number of anilines is 1. The smallest absolute Gasteiger partial charge is 0.287 e. The van der Waals surface area contributed by atoms with Gasteiger partial charge >= 0.3 is 0 Å². The molecular formula is C11H16N4O2. The summed E-state index contributed by atoms with van der Waals surface area (Å²) in [6, 6.07) is 3.61. The predicted molar refractivity (Wildman–Crippen MR) is 65.2 cm³/mol. The van der Waals surface area contributed by atoms with Gasteiger partial charge in [0.05, 0.1) is 4.92 Å². The fourth-order valence-electron chi connectivity index (χ4n) is 2.05. The van der Waals surface area contributed by atoms with Crippen molar-refractivity contribution in [3.05, 3.63) is 28.4 Å². The lowest BCUT2D eigenvalue weighted by Crippen LogP contribution is -2.44. The first kappa shape index (κ1) is 11.8. The Morgan fingerprint density at radius 3 is 2.94 bits per heavy atom. The van der Waals surface area contributed by atoms with E-state index in [1.807, 2.05) is 7.05 Å². The van der Waals surface area contributed by atoms with Crippen LogP contribution in [0.2, 0.25) is 0 Å². The number of aromatic nitrogens is 1. The molecule has 2 rings (SSSR count). The maximum Gasteiger partial charge on any atom is 0.287 e. The monoisotopic (exact) mass is 236 g/mol. The summed E-state index contributed by atoms with van der Waals surface area (Å²) in [6.07, 6.45) is 3.59. The van der Waals surface area contributed by atoms with E-state index in [-0.39, 0.29) is 5.69 Å². The van der Waals surface area contributed by atoms with Gasteiger partial charge in [0.2, 0.25) is 0 Å². The Kier molecular flexibility index (Phi) is 3.53. The van der Waals surface area contributed by atoms with Gasteiger partial charge in [-0.3, -0.25) is 10.1 Å².